The van der Waals surface area contributed by atoms with Gasteiger partial charge in [0.05, 0.1) is 6.10 Å². The summed E-state index contributed by atoms with van der Waals surface area (Å²) in [4.78, 5) is 49.5. The largest absolute Gasteiger partial charge is 0.481 e. The zero-order valence-corrected chi connectivity index (χ0v) is 37.8. The second-order valence-corrected chi connectivity index (χ2v) is 23.5. The predicted octanol–water partition coefficient (Wildman–Crippen LogP) is 11.3. The number of aliphatic hydroxyl groups is 1. The van der Waals surface area contributed by atoms with Gasteiger partial charge >= 0.3 is 11.9 Å². The Bertz CT molecular complexity index is 1560. The van der Waals surface area contributed by atoms with Gasteiger partial charge in [-0.05, 0) is 189 Å². The molecule has 0 aliphatic heterocycles. The van der Waals surface area contributed by atoms with Crippen molar-refractivity contribution in [2.24, 2.45) is 105 Å². The highest BCUT2D eigenvalue weighted by molar-refractivity contribution is 5.86. The molecule has 3 N–H and O–H groups in total. The number of aliphatic hydroxyl groups excluding tert-OH is 1. The maximum absolute atomic E-state index is 13.9. The monoisotopic (exact) mass is 807 g/mol. The van der Waals surface area contributed by atoms with Crippen LogP contribution in [0.4, 0.5) is 0 Å². The minimum Gasteiger partial charge on any atom is -0.481 e. The number of carbonyl (C=O) groups excluding carboxylic acids is 2. The molecule has 8 aliphatic rings. The average molecular weight is 807 g/mol. The number of ketones is 2. The molecule has 7 nitrogen and oxygen atoms in total. The Labute approximate surface area is 351 Å². The van der Waals surface area contributed by atoms with Crippen molar-refractivity contribution >= 4 is 23.5 Å². The summed E-state index contributed by atoms with van der Waals surface area (Å²) >= 11 is 0. The van der Waals surface area contributed by atoms with E-state index < -0.39 is 11.9 Å². The Morgan fingerprint density at radius 3 is 1.66 bits per heavy atom. The average Bonchev–Trinajstić information content (AvgIpc) is 3.71. The number of Topliss-reactive ketones (excluding diaryl/α,β-unsaturated/α-hetero) is 2. The van der Waals surface area contributed by atoms with E-state index in [1.807, 2.05) is 0 Å². The second-order valence-electron chi connectivity index (χ2n) is 23.5. The van der Waals surface area contributed by atoms with Crippen molar-refractivity contribution in [2.45, 2.75) is 190 Å². The van der Waals surface area contributed by atoms with Crippen molar-refractivity contribution in [3.63, 3.8) is 0 Å². The van der Waals surface area contributed by atoms with Gasteiger partial charge in [-0.25, -0.2) is 0 Å². The third kappa shape index (κ3) is 7.39. The summed E-state index contributed by atoms with van der Waals surface area (Å²) in [7, 11) is 0. The summed E-state index contributed by atoms with van der Waals surface area (Å²) in [6, 6.07) is 0. The molecule has 0 aromatic carbocycles. The standard InChI is InChI=1S/C26H42O4.C25H40O3/c1-5-17-21-14-16(27)10-12-26(21,4)20-11-13-25(3)18(15(2)6-9-22(28)29)7-8-19(25)23(20)24(17)30;1-15-9-11-24(3)17(13-15)14-21(26)23-19-7-6-18(16(2)5-8-22(27)28)25(19,4)12-10-20(23)24/h15-21,23,27H,5-14H2,1-4H3,(H,28,29);15-20,23H,5-14H2,1-4H3,(H,27,28)/t15-,16-,17-,18-,19?,20?,21+,23+,25-,26-;15-,16-,17+,18-,19?,20?,23+,24+,25-/m11/s1. The second kappa shape index (κ2) is 16.5. The van der Waals surface area contributed by atoms with Gasteiger partial charge in [-0.2, -0.15) is 0 Å². The number of fused-ring (bicyclic) bond motifs is 10. The predicted molar refractivity (Wildman–Crippen MR) is 228 cm³/mol. The molecule has 0 bridgehead atoms. The number of carbonyl (C=O) groups is 4. The Hall–Kier alpha value is -1.76. The SMILES string of the molecule is CC[C@H]1C(=O)[C@H]2C3CC[C@H]([C@H](C)CCC(=O)O)[C@@]3(C)CCC2[C@@]2(C)CC[C@@H](O)C[C@@H]12.C[C@@H]1CC[C@]2(C)C3CC[C@@]4(C)C(CC[C@@H]4[C@H](C)CCC(=O)O)[C@@H]3C(=O)C[C@@H]2C1. The summed E-state index contributed by atoms with van der Waals surface area (Å²) in [5.74, 6) is 6.05. The Balaban J connectivity index is 0.000000177. The number of carboxylic acids is 2. The zero-order chi connectivity index (χ0) is 42.1. The normalized spacial score (nSPS) is 49.1. The number of hydrogen-bond acceptors (Lipinski definition) is 5. The first-order valence-electron chi connectivity index (χ1n) is 24.5. The van der Waals surface area contributed by atoms with Crippen LogP contribution in [-0.2, 0) is 19.2 Å². The first-order chi connectivity index (χ1) is 27.3. The summed E-state index contributed by atoms with van der Waals surface area (Å²) < 4.78 is 0. The quantitative estimate of drug-likeness (QED) is 0.212. The number of aliphatic carboxylic acids is 2. The van der Waals surface area contributed by atoms with Crippen LogP contribution in [0.1, 0.15) is 184 Å². The van der Waals surface area contributed by atoms with Gasteiger partial charge < -0.3 is 15.3 Å². The van der Waals surface area contributed by atoms with E-state index in [0.717, 1.165) is 70.1 Å². The van der Waals surface area contributed by atoms with E-state index in [0.29, 0.717) is 76.2 Å². The van der Waals surface area contributed by atoms with Crippen molar-refractivity contribution in [1.29, 1.82) is 0 Å². The van der Waals surface area contributed by atoms with Gasteiger partial charge in [-0.1, -0.05) is 61.8 Å². The smallest absolute Gasteiger partial charge is 0.303 e. The fourth-order valence-corrected chi connectivity index (χ4v) is 17.8. The van der Waals surface area contributed by atoms with E-state index in [4.69, 9.17) is 10.2 Å². The van der Waals surface area contributed by atoms with Crippen LogP contribution in [0.5, 0.6) is 0 Å². The lowest BCUT2D eigenvalue weighted by atomic mass is 9.42. The molecule has 4 unspecified atom stereocenters. The molecular weight excluding hydrogens is 725 g/mol. The van der Waals surface area contributed by atoms with Crippen LogP contribution in [0.3, 0.4) is 0 Å². The molecule has 328 valence electrons. The zero-order valence-electron chi connectivity index (χ0n) is 37.8. The molecule has 8 aliphatic carbocycles. The van der Waals surface area contributed by atoms with Crippen LogP contribution in [0.2, 0.25) is 0 Å². The lowest BCUT2D eigenvalue weighted by Gasteiger charge is -2.62. The summed E-state index contributed by atoms with van der Waals surface area (Å²) in [5.41, 5.74) is 0.969. The third-order valence-electron chi connectivity index (χ3n) is 21.0. The Kier molecular flexibility index (Phi) is 12.6. The van der Waals surface area contributed by atoms with Crippen molar-refractivity contribution < 1.29 is 34.5 Å². The molecule has 0 amide bonds. The first-order valence-corrected chi connectivity index (χ1v) is 24.5. The molecular formula is C51H82O7. The van der Waals surface area contributed by atoms with E-state index in [2.05, 4.69) is 55.4 Å². The molecule has 0 radical (unpaired) electrons. The molecule has 19 atom stereocenters. The van der Waals surface area contributed by atoms with Crippen LogP contribution in [-0.4, -0.2) is 44.9 Å². The van der Waals surface area contributed by atoms with Crippen LogP contribution in [0.25, 0.3) is 0 Å². The summed E-state index contributed by atoms with van der Waals surface area (Å²) in [5, 5.41) is 28.6. The van der Waals surface area contributed by atoms with Gasteiger partial charge in [-0.15, -0.1) is 0 Å². The molecule has 0 saturated heterocycles. The lowest BCUT2D eigenvalue weighted by Crippen LogP contribution is -2.60. The minimum atomic E-state index is -0.697. The van der Waals surface area contributed by atoms with Gasteiger partial charge in [0.1, 0.15) is 11.6 Å². The highest BCUT2D eigenvalue weighted by Gasteiger charge is 2.66. The highest BCUT2D eigenvalue weighted by atomic mass is 16.4. The van der Waals surface area contributed by atoms with Crippen molar-refractivity contribution in [3.8, 4) is 0 Å². The van der Waals surface area contributed by atoms with E-state index in [1.165, 1.54) is 51.4 Å². The van der Waals surface area contributed by atoms with Gasteiger partial charge in [0, 0.05) is 37.0 Å². The number of hydrogen-bond donors (Lipinski definition) is 3. The van der Waals surface area contributed by atoms with Crippen LogP contribution in [0, 0.1) is 105 Å². The van der Waals surface area contributed by atoms with E-state index in [-0.39, 0.29) is 52.9 Å². The topological polar surface area (TPSA) is 129 Å². The van der Waals surface area contributed by atoms with Gasteiger partial charge in [-0.3, -0.25) is 19.2 Å². The van der Waals surface area contributed by atoms with Crippen LogP contribution >= 0.6 is 0 Å². The molecule has 7 heteroatoms. The molecule has 0 aromatic heterocycles. The van der Waals surface area contributed by atoms with Crippen molar-refractivity contribution in [1.82, 2.24) is 0 Å². The number of carboxylic acid groups (broad SMARTS) is 2. The van der Waals surface area contributed by atoms with Crippen molar-refractivity contribution in [3.05, 3.63) is 0 Å². The maximum Gasteiger partial charge on any atom is 0.303 e. The van der Waals surface area contributed by atoms with Crippen molar-refractivity contribution in [2.75, 3.05) is 0 Å². The van der Waals surface area contributed by atoms with Gasteiger partial charge in [0.15, 0.2) is 0 Å². The van der Waals surface area contributed by atoms with Gasteiger partial charge in [0.25, 0.3) is 0 Å². The Morgan fingerprint density at radius 2 is 1.12 bits per heavy atom. The molecule has 8 saturated carbocycles. The fourth-order valence-electron chi connectivity index (χ4n) is 17.8. The van der Waals surface area contributed by atoms with E-state index in [1.54, 1.807) is 0 Å². The van der Waals surface area contributed by atoms with Gasteiger partial charge in [0.2, 0.25) is 0 Å². The van der Waals surface area contributed by atoms with Crippen LogP contribution in [0.15, 0.2) is 0 Å². The number of rotatable bonds is 9. The maximum atomic E-state index is 13.9. The molecule has 0 aromatic rings. The molecule has 8 fully saturated rings. The summed E-state index contributed by atoms with van der Waals surface area (Å²) in [6.45, 7) is 18.9. The third-order valence-corrected chi connectivity index (χ3v) is 21.0. The molecule has 0 spiro atoms. The molecule has 0 heterocycles. The van der Waals surface area contributed by atoms with E-state index >= 15 is 0 Å². The molecule has 8 rings (SSSR count). The highest BCUT2D eigenvalue weighted by Crippen LogP contribution is 2.70. The molecule has 58 heavy (non-hydrogen) atoms. The van der Waals surface area contributed by atoms with E-state index in [9.17, 15) is 24.3 Å². The Morgan fingerprint density at radius 1 is 0.638 bits per heavy atom. The fraction of sp³-hybridized carbons (Fsp3) is 0.922. The minimum absolute atomic E-state index is 0.108. The summed E-state index contributed by atoms with van der Waals surface area (Å²) in [6.07, 6.45) is 19.6. The first kappa shape index (κ1) is 44.3. The lowest BCUT2D eigenvalue weighted by molar-refractivity contribution is -0.173. The van der Waals surface area contributed by atoms with Crippen LogP contribution < -0.4 is 0 Å².